The maximum atomic E-state index is 12.3. The third-order valence-corrected chi connectivity index (χ3v) is 7.56. The fourth-order valence-electron chi connectivity index (χ4n) is 5.27. The van der Waals surface area contributed by atoms with E-state index in [9.17, 15) is 4.79 Å². The number of ether oxygens (including phenoxy) is 2. The summed E-state index contributed by atoms with van der Waals surface area (Å²) in [6.07, 6.45) is 6.45. The molecule has 194 valence electrons. The van der Waals surface area contributed by atoms with Crippen molar-refractivity contribution in [1.82, 2.24) is 10.2 Å². The Bertz CT molecular complexity index is 1090. The monoisotopic (exact) mass is 490 g/mol. The Labute approximate surface area is 216 Å². The smallest absolute Gasteiger partial charge is 0.225 e. The van der Waals surface area contributed by atoms with Crippen molar-refractivity contribution in [2.75, 3.05) is 33.3 Å². The van der Waals surface area contributed by atoms with E-state index in [1.54, 1.807) is 7.11 Å². The zero-order chi connectivity index (χ0) is 25.5. The summed E-state index contributed by atoms with van der Waals surface area (Å²) in [7, 11) is 1.73. The van der Waals surface area contributed by atoms with E-state index in [0.717, 1.165) is 81.8 Å². The molecule has 1 saturated heterocycles. The van der Waals surface area contributed by atoms with Gasteiger partial charge in [0.05, 0.1) is 13.0 Å². The van der Waals surface area contributed by atoms with Crippen LogP contribution in [0.3, 0.4) is 0 Å². The van der Waals surface area contributed by atoms with Gasteiger partial charge in [0, 0.05) is 31.7 Å². The van der Waals surface area contributed by atoms with Gasteiger partial charge in [-0.2, -0.15) is 0 Å². The first-order valence-corrected chi connectivity index (χ1v) is 13.6. The number of aryl methyl sites for hydroxylation is 2. The van der Waals surface area contributed by atoms with Crippen LogP contribution in [0.15, 0.2) is 42.0 Å². The van der Waals surface area contributed by atoms with Crippen molar-refractivity contribution in [3.05, 3.63) is 64.2 Å². The van der Waals surface area contributed by atoms with E-state index in [2.05, 4.69) is 67.4 Å². The number of fused-ring (bicyclic) bond motifs is 1. The van der Waals surface area contributed by atoms with Crippen molar-refractivity contribution in [2.24, 2.45) is 5.92 Å². The molecular formula is C31H42N2O3. The van der Waals surface area contributed by atoms with Crippen LogP contribution in [0.5, 0.6) is 11.5 Å². The summed E-state index contributed by atoms with van der Waals surface area (Å²) < 4.78 is 11.8. The molecule has 1 aliphatic heterocycles. The van der Waals surface area contributed by atoms with Gasteiger partial charge in [-0.1, -0.05) is 50.5 Å². The zero-order valence-corrected chi connectivity index (χ0v) is 22.5. The minimum Gasteiger partial charge on any atom is -0.496 e. The highest BCUT2D eigenvalue weighted by Crippen LogP contribution is 2.35. The van der Waals surface area contributed by atoms with Crippen LogP contribution >= 0.6 is 0 Å². The summed E-state index contributed by atoms with van der Waals surface area (Å²) in [5.41, 5.74) is 7.94. The number of rotatable bonds is 12. The number of unbranched alkanes of at least 4 members (excludes halogenated alkanes) is 1. The number of methoxy groups -OCH3 is 1. The Morgan fingerprint density at radius 2 is 1.92 bits per heavy atom. The lowest BCUT2D eigenvalue weighted by Gasteiger charge is -2.39. The molecule has 0 radical (unpaired) electrons. The van der Waals surface area contributed by atoms with Crippen LogP contribution in [0, 0.1) is 5.92 Å². The van der Waals surface area contributed by atoms with Crippen LogP contribution in [-0.2, 0) is 24.2 Å². The number of likely N-dealkylation sites (tertiary alicyclic amines) is 1. The molecule has 1 heterocycles. The summed E-state index contributed by atoms with van der Waals surface area (Å²) >= 11 is 0. The number of hydrogen-bond donors (Lipinski definition) is 1. The lowest BCUT2D eigenvalue weighted by molar-refractivity contribution is -0.129. The number of benzene rings is 2. The average molecular weight is 491 g/mol. The maximum absolute atomic E-state index is 12.3. The van der Waals surface area contributed by atoms with Crippen LogP contribution in [0.2, 0.25) is 0 Å². The molecule has 0 bridgehead atoms. The predicted octanol–water partition coefficient (Wildman–Crippen LogP) is 5.79. The highest BCUT2D eigenvalue weighted by molar-refractivity contribution is 5.80. The molecule has 2 aliphatic rings. The molecule has 0 saturated carbocycles. The number of carbonyl (C=O) groups excluding carboxylic acids is 1. The van der Waals surface area contributed by atoms with Gasteiger partial charge < -0.3 is 14.8 Å². The normalized spacial score (nSPS) is 15.9. The Kier molecular flexibility index (Phi) is 9.08. The lowest BCUT2D eigenvalue weighted by Crippen LogP contribution is -2.54. The Morgan fingerprint density at radius 1 is 1.08 bits per heavy atom. The largest absolute Gasteiger partial charge is 0.496 e. The molecule has 1 amide bonds. The minimum absolute atomic E-state index is 0.153. The van der Waals surface area contributed by atoms with Gasteiger partial charge in [0.15, 0.2) is 0 Å². The van der Waals surface area contributed by atoms with Crippen LogP contribution in [-0.4, -0.2) is 44.1 Å². The first-order chi connectivity index (χ1) is 17.5. The molecule has 1 aliphatic carbocycles. The summed E-state index contributed by atoms with van der Waals surface area (Å²) in [6.45, 7) is 10.6. The highest BCUT2D eigenvalue weighted by atomic mass is 16.5. The van der Waals surface area contributed by atoms with Crippen LogP contribution < -0.4 is 14.8 Å². The van der Waals surface area contributed by atoms with E-state index >= 15 is 0 Å². The molecule has 2 aromatic carbocycles. The van der Waals surface area contributed by atoms with E-state index in [1.807, 2.05) is 0 Å². The van der Waals surface area contributed by atoms with Crippen LogP contribution in [0.4, 0.5) is 0 Å². The van der Waals surface area contributed by atoms with Gasteiger partial charge in [0.1, 0.15) is 18.1 Å². The van der Waals surface area contributed by atoms with Gasteiger partial charge in [-0.25, -0.2) is 0 Å². The third kappa shape index (κ3) is 6.31. The van der Waals surface area contributed by atoms with Gasteiger partial charge in [-0.15, -0.1) is 0 Å². The number of allylic oxidation sites excluding steroid dienone is 1. The molecule has 4 rings (SSSR count). The van der Waals surface area contributed by atoms with E-state index < -0.39 is 0 Å². The molecule has 36 heavy (non-hydrogen) atoms. The Hall–Kier alpha value is -2.79. The summed E-state index contributed by atoms with van der Waals surface area (Å²) in [4.78, 5) is 14.7. The quantitative estimate of drug-likeness (QED) is 0.382. The molecule has 0 spiro atoms. The fraction of sp³-hybridized carbons (Fsp3) is 0.516. The maximum Gasteiger partial charge on any atom is 0.225 e. The molecule has 5 nitrogen and oxygen atoms in total. The van der Waals surface area contributed by atoms with Crippen LogP contribution in [0.25, 0.3) is 5.57 Å². The fourth-order valence-corrected chi connectivity index (χ4v) is 5.27. The number of nitrogens with one attached hydrogen (secondary N) is 1. The van der Waals surface area contributed by atoms with E-state index in [1.165, 1.54) is 27.8 Å². The van der Waals surface area contributed by atoms with Crippen molar-refractivity contribution in [3.63, 3.8) is 0 Å². The number of carbonyl (C=O) groups is 1. The SMILES string of the molecule is CCCCNC(=O)C1CN(CC2=C(C)c3ccc(OCc4ccc(CCC)cc4OC)cc3CC2)C1. The van der Waals surface area contributed by atoms with Crippen LogP contribution in [0.1, 0.15) is 68.7 Å². The number of nitrogens with zero attached hydrogens (tertiary/aromatic N) is 1. The first-order valence-electron chi connectivity index (χ1n) is 13.6. The Balaban J connectivity index is 1.33. The van der Waals surface area contributed by atoms with Gasteiger partial charge in [-0.3, -0.25) is 9.69 Å². The van der Waals surface area contributed by atoms with Crippen molar-refractivity contribution in [1.29, 1.82) is 0 Å². The molecule has 0 aromatic heterocycles. The second-order valence-corrected chi connectivity index (χ2v) is 10.3. The van der Waals surface area contributed by atoms with Crippen molar-refractivity contribution in [3.8, 4) is 11.5 Å². The zero-order valence-electron chi connectivity index (χ0n) is 22.5. The lowest BCUT2D eigenvalue weighted by atomic mass is 9.85. The first kappa shape index (κ1) is 26.3. The summed E-state index contributed by atoms with van der Waals surface area (Å²) in [5.74, 6) is 2.18. The van der Waals surface area contributed by atoms with E-state index in [0.29, 0.717) is 6.61 Å². The topological polar surface area (TPSA) is 50.8 Å². The molecule has 0 unspecified atom stereocenters. The number of amides is 1. The second kappa shape index (κ2) is 12.4. The third-order valence-electron chi connectivity index (χ3n) is 7.56. The van der Waals surface area contributed by atoms with Gasteiger partial charge in [0.2, 0.25) is 5.91 Å². The minimum atomic E-state index is 0.153. The second-order valence-electron chi connectivity index (χ2n) is 10.3. The van der Waals surface area contributed by atoms with Gasteiger partial charge in [-0.05, 0) is 73.1 Å². The van der Waals surface area contributed by atoms with Crippen molar-refractivity contribution in [2.45, 2.75) is 65.9 Å². The molecular weight excluding hydrogens is 448 g/mol. The van der Waals surface area contributed by atoms with E-state index in [-0.39, 0.29) is 11.8 Å². The van der Waals surface area contributed by atoms with Gasteiger partial charge in [0.25, 0.3) is 0 Å². The summed E-state index contributed by atoms with van der Waals surface area (Å²) in [5, 5.41) is 3.07. The average Bonchev–Trinajstić information content (AvgIpc) is 2.86. The standard InChI is InChI=1S/C31H42N2O3/c1-5-7-15-32-31(34)27-19-33(20-27)18-25-12-11-24-17-28(13-14-29(24)22(25)3)36-21-26-10-9-23(8-6-2)16-30(26)35-4/h9-10,13-14,16-17,27H,5-8,11-12,15,18-21H2,1-4H3,(H,32,34). The highest BCUT2D eigenvalue weighted by Gasteiger charge is 2.33. The molecule has 2 aromatic rings. The molecule has 0 atom stereocenters. The predicted molar refractivity (Wildman–Crippen MR) is 147 cm³/mol. The molecule has 5 heteroatoms. The van der Waals surface area contributed by atoms with E-state index in [4.69, 9.17) is 9.47 Å². The number of hydrogen-bond acceptors (Lipinski definition) is 4. The van der Waals surface area contributed by atoms with Crippen molar-refractivity contribution < 1.29 is 14.3 Å². The van der Waals surface area contributed by atoms with Crippen molar-refractivity contribution >= 4 is 11.5 Å². The molecule has 1 fully saturated rings. The molecule has 1 N–H and O–H groups in total. The Morgan fingerprint density at radius 3 is 2.67 bits per heavy atom. The van der Waals surface area contributed by atoms with Gasteiger partial charge >= 0.3 is 0 Å². The summed E-state index contributed by atoms with van der Waals surface area (Å²) in [6, 6.07) is 12.9.